The first-order valence-corrected chi connectivity index (χ1v) is 5.97. The van der Waals surface area contributed by atoms with E-state index in [2.05, 4.69) is 11.6 Å². The monoisotopic (exact) mass is 206 g/mol. The third-order valence-electron chi connectivity index (χ3n) is 0.136. The Balaban J connectivity index is 2.19. The first kappa shape index (κ1) is 6.00. The summed E-state index contributed by atoms with van der Waals surface area (Å²) in [4.78, 5) is 0. The summed E-state index contributed by atoms with van der Waals surface area (Å²) < 4.78 is 4.96. The molecule has 0 aromatic rings. The van der Waals surface area contributed by atoms with Gasteiger partial charge in [-0.15, -0.1) is 0 Å². The van der Waals surface area contributed by atoms with E-state index >= 15 is 0 Å². The molecule has 0 saturated carbocycles. The molecule has 5 heavy (non-hydrogen) atoms. The van der Waals surface area contributed by atoms with Gasteiger partial charge in [0, 0.05) is 0 Å². The Bertz CT molecular complexity index is 15.1. The molecule has 0 aliphatic rings. The van der Waals surface area contributed by atoms with Gasteiger partial charge in [-0.3, -0.25) is 0 Å². The second-order valence-electron chi connectivity index (χ2n) is 0.401. The summed E-state index contributed by atoms with van der Waals surface area (Å²) in [6.07, 6.45) is 0. The van der Waals surface area contributed by atoms with Crippen LogP contribution in [0.15, 0.2) is 0 Å². The van der Waals surface area contributed by atoms with Gasteiger partial charge in [-0.1, -0.05) is 0 Å². The van der Waals surface area contributed by atoms with E-state index in [1.54, 1.807) is 0 Å². The van der Waals surface area contributed by atoms with Gasteiger partial charge in [-0.05, 0) is 0 Å². The van der Waals surface area contributed by atoms with Crippen molar-refractivity contribution in [3.05, 3.63) is 0 Å². The molecule has 0 aromatic heterocycles. The molecule has 0 bridgehead atoms. The van der Waals surface area contributed by atoms with Gasteiger partial charge < -0.3 is 0 Å². The van der Waals surface area contributed by atoms with Crippen molar-refractivity contribution in [1.29, 1.82) is 0 Å². The van der Waals surface area contributed by atoms with E-state index in [0.717, 1.165) is 0 Å². The summed E-state index contributed by atoms with van der Waals surface area (Å²) in [5, 5.41) is 0. The molecule has 0 radical (unpaired) electrons. The number of hydrogen-bond acceptors (Lipinski definition) is 1. The summed E-state index contributed by atoms with van der Waals surface area (Å²) in [6, 6.07) is 0. The van der Waals surface area contributed by atoms with Gasteiger partial charge in [0.1, 0.15) is 0 Å². The molecule has 0 spiro atoms. The van der Waals surface area contributed by atoms with Crippen LogP contribution in [-0.2, 0) is 2.90 Å². The molecule has 0 saturated heterocycles. The summed E-state index contributed by atoms with van der Waals surface area (Å²) in [6.45, 7) is 0. The zero-order valence-electron chi connectivity index (χ0n) is 3.22. The number of rotatable bonds is 2. The molecule has 1 nitrogen and oxygen atoms in total. The van der Waals surface area contributed by atoms with Crippen LogP contribution >= 0.6 is 0 Å². The number of hydrogen-bond donors (Lipinski definition) is 0. The SMILES string of the molecule is C[Se]O[Se]C. The molecule has 0 fully saturated rings. The van der Waals surface area contributed by atoms with E-state index in [0.29, 0.717) is 30.6 Å². The Labute approximate surface area is 45.4 Å². The first-order chi connectivity index (χ1) is 2.41. The van der Waals surface area contributed by atoms with Gasteiger partial charge in [0.2, 0.25) is 0 Å². The van der Waals surface area contributed by atoms with Crippen molar-refractivity contribution in [3.63, 3.8) is 0 Å². The van der Waals surface area contributed by atoms with Crippen molar-refractivity contribution >= 4 is 30.6 Å². The fourth-order valence-corrected chi connectivity index (χ4v) is 1.84. The van der Waals surface area contributed by atoms with Crippen LogP contribution < -0.4 is 0 Å². The van der Waals surface area contributed by atoms with Crippen LogP contribution in [0.25, 0.3) is 0 Å². The van der Waals surface area contributed by atoms with Gasteiger partial charge in [0.05, 0.1) is 0 Å². The van der Waals surface area contributed by atoms with E-state index in [4.69, 9.17) is 2.90 Å². The van der Waals surface area contributed by atoms with Crippen molar-refractivity contribution in [2.75, 3.05) is 0 Å². The Morgan fingerprint density at radius 1 is 1.20 bits per heavy atom. The molecule has 0 rings (SSSR count). The van der Waals surface area contributed by atoms with E-state index in [-0.39, 0.29) is 0 Å². The van der Waals surface area contributed by atoms with Gasteiger partial charge in [0.15, 0.2) is 0 Å². The molecular formula is C2H6OSe2. The summed E-state index contributed by atoms with van der Waals surface area (Å²) in [5.74, 6) is 4.14. The zero-order valence-corrected chi connectivity index (χ0v) is 6.65. The average Bonchev–Trinajstić information content (AvgIpc) is 1.41. The zero-order chi connectivity index (χ0) is 4.12. The molecule has 0 N–H and O–H groups in total. The van der Waals surface area contributed by atoms with Crippen LogP contribution in [0.1, 0.15) is 0 Å². The first-order valence-electron chi connectivity index (χ1n) is 1.15. The van der Waals surface area contributed by atoms with Gasteiger partial charge in [-0.2, -0.15) is 0 Å². The molecule has 0 unspecified atom stereocenters. The van der Waals surface area contributed by atoms with Gasteiger partial charge >= 0.3 is 45.1 Å². The molecule has 0 aliphatic heterocycles. The summed E-state index contributed by atoms with van der Waals surface area (Å²) in [7, 11) is 0. The minimum absolute atomic E-state index is 0.453. The van der Waals surface area contributed by atoms with E-state index in [9.17, 15) is 0 Å². The van der Waals surface area contributed by atoms with Crippen LogP contribution in [0.4, 0.5) is 0 Å². The van der Waals surface area contributed by atoms with Crippen molar-refractivity contribution in [2.45, 2.75) is 11.6 Å². The van der Waals surface area contributed by atoms with Crippen LogP contribution in [0.5, 0.6) is 0 Å². The van der Waals surface area contributed by atoms with Crippen LogP contribution in [0.3, 0.4) is 0 Å². The molecule has 0 aliphatic carbocycles. The summed E-state index contributed by atoms with van der Waals surface area (Å²) in [5.41, 5.74) is 0. The topological polar surface area (TPSA) is 9.23 Å². The van der Waals surface area contributed by atoms with Crippen LogP contribution in [0.2, 0.25) is 11.6 Å². The molecule has 0 heterocycles. The molecule has 0 aromatic carbocycles. The van der Waals surface area contributed by atoms with E-state index in [1.807, 2.05) is 0 Å². The predicted molar refractivity (Wildman–Crippen MR) is 24.3 cm³/mol. The van der Waals surface area contributed by atoms with Crippen molar-refractivity contribution in [3.8, 4) is 0 Å². The average molecular weight is 204 g/mol. The third kappa shape index (κ3) is 5.00. The van der Waals surface area contributed by atoms with Crippen LogP contribution in [-0.4, -0.2) is 30.6 Å². The second kappa shape index (κ2) is 5.00. The van der Waals surface area contributed by atoms with Crippen LogP contribution in [0, 0.1) is 0 Å². The van der Waals surface area contributed by atoms with E-state index < -0.39 is 0 Å². The third-order valence-corrected chi connectivity index (χ3v) is 3.67. The fourth-order valence-electron chi connectivity index (χ4n) is 0.0680. The van der Waals surface area contributed by atoms with Crippen molar-refractivity contribution in [2.24, 2.45) is 0 Å². The Kier molecular flexibility index (Phi) is 6.00. The Morgan fingerprint density at radius 2 is 1.60 bits per heavy atom. The Morgan fingerprint density at radius 3 is 1.60 bits per heavy atom. The normalized spacial score (nSPS) is 8.40. The van der Waals surface area contributed by atoms with E-state index in [1.165, 1.54) is 0 Å². The van der Waals surface area contributed by atoms with Gasteiger partial charge in [0.25, 0.3) is 0 Å². The fraction of sp³-hybridized carbons (Fsp3) is 1.00. The maximum absolute atomic E-state index is 4.96. The molecule has 3 heteroatoms. The van der Waals surface area contributed by atoms with Gasteiger partial charge in [-0.25, -0.2) is 0 Å². The minimum atomic E-state index is 0.453. The second-order valence-corrected chi connectivity index (χ2v) is 3.57. The molecule has 0 atom stereocenters. The Hall–Kier alpha value is 0.999. The molecule has 32 valence electrons. The molecule has 0 amide bonds. The quantitative estimate of drug-likeness (QED) is 0.589. The predicted octanol–water partition coefficient (Wildman–Crippen LogP) is 0.338. The van der Waals surface area contributed by atoms with Crippen molar-refractivity contribution < 1.29 is 2.90 Å². The van der Waals surface area contributed by atoms with Crippen molar-refractivity contribution in [1.82, 2.24) is 0 Å². The standard InChI is InChI=1S/C2H6OSe2/c1-4-3-5-2/h1-2H3. The maximum atomic E-state index is 4.96. The summed E-state index contributed by atoms with van der Waals surface area (Å²) >= 11 is 0.906. The molecular weight excluding hydrogens is 198 g/mol.